The molecular formula is C22H20F2N2O3S. The Hall–Kier alpha value is -3.26. The molecule has 0 saturated heterocycles. The van der Waals surface area contributed by atoms with Gasteiger partial charge in [0.2, 0.25) is 0 Å². The predicted octanol–water partition coefficient (Wildman–Crippen LogP) is 4.05. The van der Waals surface area contributed by atoms with E-state index in [4.69, 9.17) is 0 Å². The molecule has 0 aliphatic carbocycles. The Labute approximate surface area is 173 Å². The van der Waals surface area contributed by atoms with E-state index < -0.39 is 21.7 Å². The molecule has 0 unspecified atom stereocenters. The Balaban J connectivity index is 1.75. The minimum atomic E-state index is -4.10. The summed E-state index contributed by atoms with van der Waals surface area (Å²) >= 11 is 0. The van der Waals surface area contributed by atoms with Crippen LogP contribution >= 0.6 is 0 Å². The monoisotopic (exact) mass is 430 g/mol. The van der Waals surface area contributed by atoms with Gasteiger partial charge in [-0.05, 0) is 54.8 Å². The molecule has 0 aromatic heterocycles. The Morgan fingerprint density at radius 1 is 0.933 bits per heavy atom. The van der Waals surface area contributed by atoms with Crippen molar-refractivity contribution in [3.8, 4) is 0 Å². The maximum atomic E-state index is 13.8. The van der Waals surface area contributed by atoms with Crippen LogP contribution in [0.5, 0.6) is 0 Å². The molecule has 0 aliphatic heterocycles. The third kappa shape index (κ3) is 5.01. The van der Waals surface area contributed by atoms with Gasteiger partial charge in [0.25, 0.3) is 15.9 Å². The van der Waals surface area contributed by atoms with Crippen molar-refractivity contribution >= 4 is 21.6 Å². The second kappa shape index (κ2) is 9.04. The standard InChI is InChI=1S/C22H20F2N2O3S/c1-15-10-11-17(30(28,29)26-21-9-5-4-8-20(21)24)14-18(15)22(27)25-13-12-16-6-2-3-7-19(16)23/h2-11,14,26H,12-13H2,1H3,(H,25,27). The van der Waals surface area contributed by atoms with E-state index in [1.54, 1.807) is 25.1 Å². The lowest BCUT2D eigenvalue weighted by Crippen LogP contribution is -2.27. The molecule has 8 heteroatoms. The summed E-state index contributed by atoms with van der Waals surface area (Å²) in [7, 11) is -4.10. The molecule has 0 radical (unpaired) electrons. The molecule has 0 spiro atoms. The van der Waals surface area contributed by atoms with Crippen LogP contribution in [-0.4, -0.2) is 20.9 Å². The number of hydrogen-bond donors (Lipinski definition) is 2. The first-order valence-corrected chi connectivity index (χ1v) is 10.7. The Morgan fingerprint density at radius 3 is 2.30 bits per heavy atom. The second-order valence-electron chi connectivity index (χ2n) is 6.66. The maximum absolute atomic E-state index is 13.8. The van der Waals surface area contributed by atoms with Crippen LogP contribution in [0.2, 0.25) is 0 Å². The number of sulfonamides is 1. The molecule has 156 valence electrons. The minimum absolute atomic E-state index is 0.167. The van der Waals surface area contributed by atoms with Gasteiger partial charge in [-0.1, -0.05) is 36.4 Å². The molecule has 0 atom stereocenters. The highest BCUT2D eigenvalue weighted by atomic mass is 32.2. The van der Waals surface area contributed by atoms with Crippen LogP contribution in [0.1, 0.15) is 21.5 Å². The number of amides is 1. The fourth-order valence-corrected chi connectivity index (χ4v) is 3.96. The third-order valence-electron chi connectivity index (χ3n) is 4.52. The van der Waals surface area contributed by atoms with Gasteiger partial charge in [-0.25, -0.2) is 17.2 Å². The van der Waals surface area contributed by atoms with E-state index in [-0.39, 0.29) is 28.5 Å². The summed E-state index contributed by atoms with van der Waals surface area (Å²) in [5.74, 6) is -1.54. The van der Waals surface area contributed by atoms with Gasteiger partial charge in [-0.15, -0.1) is 0 Å². The minimum Gasteiger partial charge on any atom is -0.352 e. The zero-order valence-electron chi connectivity index (χ0n) is 16.2. The Morgan fingerprint density at radius 2 is 1.60 bits per heavy atom. The van der Waals surface area contributed by atoms with Crippen molar-refractivity contribution in [2.45, 2.75) is 18.2 Å². The van der Waals surface area contributed by atoms with E-state index in [1.165, 1.54) is 42.5 Å². The van der Waals surface area contributed by atoms with E-state index in [1.807, 2.05) is 0 Å². The van der Waals surface area contributed by atoms with E-state index in [0.717, 1.165) is 6.07 Å². The number of carbonyl (C=O) groups is 1. The predicted molar refractivity (Wildman–Crippen MR) is 111 cm³/mol. The first-order chi connectivity index (χ1) is 14.3. The molecule has 30 heavy (non-hydrogen) atoms. The zero-order valence-corrected chi connectivity index (χ0v) is 17.0. The number of anilines is 1. The van der Waals surface area contributed by atoms with Crippen molar-refractivity contribution in [1.82, 2.24) is 5.32 Å². The molecule has 0 saturated carbocycles. The summed E-state index contributed by atoms with van der Waals surface area (Å²) in [6.07, 6.45) is 0.296. The molecule has 3 rings (SSSR count). The number of halogens is 2. The first-order valence-electron chi connectivity index (χ1n) is 9.17. The van der Waals surface area contributed by atoms with Gasteiger partial charge >= 0.3 is 0 Å². The van der Waals surface area contributed by atoms with Crippen molar-refractivity contribution < 1.29 is 22.0 Å². The fraction of sp³-hybridized carbons (Fsp3) is 0.136. The zero-order chi connectivity index (χ0) is 21.7. The van der Waals surface area contributed by atoms with Crippen molar-refractivity contribution in [2.75, 3.05) is 11.3 Å². The first kappa shape index (κ1) is 21.4. The van der Waals surface area contributed by atoms with Gasteiger partial charge < -0.3 is 5.32 Å². The molecule has 0 bridgehead atoms. The van der Waals surface area contributed by atoms with Crippen molar-refractivity contribution in [2.24, 2.45) is 0 Å². The quantitative estimate of drug-likeness (QED) is 0.594. The third-order valence-corrected chi connectivity index (χ3v) is 5.88. The van der Waals surface area contributed by atoms with Crippen molar-refractivity contribution in [3.05, 3.63) is 95.1 Å². The van der Waals surface area contributed by atoms with Crippen LogP contribution < -0.4 is 10.0 Å². The van der Waals surface area contributed by atoms with Crippen molar-refractivity contribution in [3.63, 3.8) is 0 Å². The lowest BCUT2D eigenvalue weighted by Gasteiger charge is -2.12. The maximum Gasteiger partial charge on any atom is 0.262 e. The largest absolute Gasteiger partial charge is 0.352 e. The summed E-state index contributed by atoms with van der Waals surface area (Å²) < 4.78 is 54.9. The van der Waals surface area contributed by atoms with Gasteiger partial charge in [-0.2, -0.15) is 0 Å². The molecule has 3 aromatic carbocycles. The normalized spacial score (nSPS) is 11.2. The summed E-state index contributed by atoms with van der Waals surface area (Å²) in [6.45, 7) is 1.86. The fourth-order valence-electron chi connectivity index (χ4n) is 2.87. The van der Waals surface area contributed by atoms with E-state index >= 15 is 0 Å². The van der Waals surface area contributed by atoms with Gasteiger partial charge in [0.15, 0.2) is 0 Å². The number of benzene rings is 3. The number of rotatable bonds is 7. The second-order valence-corrected chi connectivity index (χ2v) is 8.34. The highest BCUT2D eigenvalue weighted by Gasteiger charge is 2.19. The summed E-state index contributed by atoms with van der Waals surface area (Å²) in [5.41, 5.74) is 1.03. The number of aryl methyl sites for hydroxylation is 1. The van der Waals surface area contributed by atoms with E-state index in [2.05, 4.69) is 10.0 Å². The molecular weight excluding hydrogens is 410 g/mol. The van der Waals surface area contributed by atoms with E-state index in [9.17, 15) is 22.0 Å². The van der Waals surface area contributed by atoms with Gasteiger partial charge in [0, 0.05) is 12.1 Å². The Bertz CT molecular complexity index is 1180. The van der Waals surface area contributed by atoms with Crippen LogP contribution in [0.3, 0.4) is 0 Å². The highest BCUT2D eigenvalue weighted by Crippen LogP contribution is 2.21. The van der Waals surface area contributed by atoms with Gasteiger partial charge in [-0.3, -0.25) is 9.52 Å². The van der Waals surface area contributed by atoms with Crippen molar-refractivity contribution in [1.29, 1.82) is 0 Å². The summed E-state index contributed by atoms with van der Waals surface area (Å²) in [5, 5.41) is 2.67. The smallest absolute Gasteiger partial charge is 0.262 e. The lowest BCUT2D eigenvalue weighted by molar-refractivity contribution is 0.0953. The molecule has 0 aliphatic rings. The van der Waals surface area contributed by atoms with Crippen LogP contribution in [-0.2, 0) is 16.4 Å². The van der Waals surface area contributed by atoms with Crippen LogP contribution in [0.4, 0.5) is 14.5 Å². The average molecular weight is 430 g/mol. The highest BCUT2D eigenvalue weighted by molar-refractivity contribution is 7.92. The summed E-state index contributed by atoms with van der Waals surface area (Å²) in [4.78, 5) is 12.4. The Kier molecular flexibility index (Phi) is 6.47. The van der Waals surface area contributed by atoms with Crippen LogP contribution in [0.15, 0.2) is 71.6 Å². The summed E-state index contributed by atoms with van der Waals surface area (Å²) in [6, 6.07) is 15.7. The molecule has 0 heterocycles. The molecule has 5 nitrogen and oxygen atoms in total. The number of carbonyl (C=O) groups excluding carboxylic acids is 1. The average Bonchev–Trinajstić information content (AvgIpc) is 2.71. The number of nitrogens with one attached hydrogen (secondary N) is 2. The van der Waals surface area contributed by atoms with Gasteiger partial charge in [0.1, 0.15) is 11.6 Å². The molecule has 2 N–H and O–H groups in total. The van der Waals surface area contributed by atoms with Crippen LogP contribution in [0.25, 0.3) is 0 Å². The number of para-hydroxylation sites is 1. The molecule has 3 aromatic rings. The number of hydrogen-bond acceptors (Lipinski definition) is 3. The SMILES string of the molecule is Cc1ccc(S(=O)(=O)Nc2ccccc2F)cc1C(=O)NCCc1ccccc1F. The van der Waals surface area contributed by atoms with E-state index in [0.29, 0.717) is 17.5 Å². The molecule has 1 amide bonds. The van der Waals surface area contributed by atoms with Gasteiger partial charge in [0.05, 0.1) is 10.6 Å². The topological polar surface area (TPSA) is 75.3 Å². The lowest BCUT2D eigenvalue weighted by atomic mass is 10.1. The van der Waals surface area contributed by atoms with Crippen LogP contribution in [0, 0.1) is 18.6 Å². The molecule has 0 fully saturated rings.